The summed E-state index contributed by atoms with van der Waals surface area (Å²) in [6.45, 7) is 0. The smallest absolute Gasteiger partial charge is 0.339 e. The lowest BCUT2D eigenvalue weighted by Gasteiger charge is -2.07. The fourth-order valence-corrected chi connectivity index (χ4v) is 3.46. The van der Waals surface area contributed by atoms with Crippen molar-refractivity contribution in [1.29, 1.82) is 0 Å². The first-order valence-corrected chi connectivity index (χ1v) is 10.1. The van der Waals surface area contributed by atoms with Gasteiger partial charge in [0.15, 0.2) is 0 Å². The summed E-state index contributed by atoms with van der Waals surface area (Å²) in [5, 5.41) is 26.3. The molecule has 10 nitrogen and oxygen atoms in total. The van der Waals surface area contributed by atoms with E-state index in [1.165, 1.54) is 54.6 Å². The van der Waals surface area contributed by atoms with Crippen LogP contribution in [0.4, 0.5) is 17.1 Å². The van der Waals surface area contributed by atoms with E-state index in [1.807, 2.05) is 4.72 Å². The summed E-state index contributed by atoms with van der Waals surface area (Å²) in [7, 11) is -4.13. The molecule has 3 rings (SSSR count). The Morgan fingerprint density at radius 3 is 2.19 bits per heavy atom. The molecule has 0 unspecified atom stereocenters. The van der Waals surface area contributed by atoms with Crippen LogP contribution in [-0.2, 0) is 10.0 Å². The zero-order valence-corrected chi connectivity index (χ0v) is 16.6. The molecule has 0 atom stereocenters. The number of nitrogens with one attached hydrogen (secondary N) is 1. The quantitative estimate of drug-likeness (QED) is 0.336. The van der Waals surface area contributed by atoms with Crippen LogP contribution >= 0.6 is 0 Å². The Kier molecular flexibility index (Phi) is 5.97. The average Bonchev–Trinajstić information content (AvgIpc) is 2.73. The van der Waals surface area contributed by atoms with Crippen molar-refractivity contribution in [1.82, 2.24) is 4.72 Å². The van der Waals surface area contributed by atoms with Gasteiger partial charge in [0.1, 0.15) is 11.3 Å². The molecule has 0 aliphatic carbocycles. The van der Waals surface area contributed by atoms with Crippen LogP contribution in [0.25, 0.3) is 0 Å². The number of azo groups is 1. The third kappa shape index (κ3) is 5.22. The van der Waals surface area contributed by atoms with Gasteiger partial charge in [0.2, 0.25) is 0 Å². The highest BCUT2D eigenvalue weighted by molar-refractivity contribution is 7.90. The number of rotatable bonds is 6. The van der Waals surface area contributed by atoms with Gasteiger partial charge < -0.3 is 15.9 Å². The van der Waals surface area contributed by atoms with Gasteiger partial charge in [-0.3, -0.25) is 4.79 Å². The number of carbonyl (C=O) groups excluding carboxylic acids is 1. The lowest BCUT2D eigenvalue weighted by atomic mass is 10.2. The van der Waals surface area contributed by atoms with E-state index in [4.69, 9.17) is 10.8 Å². The van der Waals surface area contributed by atoms with Crippen molar-refractivity contribution in [3.05, 3.63) is 77.9 Å². The minimum absolute atomic E-state index is 0.101. The number of hydrogen-bond donors (Lipinski definition) is 4. The van der Waals surface area contributed by atoms with E-state index < -0.39 is 27.6 Å². The summed E-state index contributed by atoms with van der Waals surface area (Å²) in [5.74, 6) is -2.54. The summed E-state index contributed by atoms with van der Waals surface area (Å²) >= 11 is 0. The number of hydrogen-bond acceptors (Lipinski definition) is 8. The van der Waals surface area contributed by atoms with Crippen molar-refractivity contribution >= 4 is 39.0 Å². The van der Waals surface area contributed by atoms with Crippen LogP contribution in [0.2, 0.25) is 0 Å². The molecule has 3 aromatic rings. The van der Waals surface area contributed by atoms with Crippen LogP contribution in [0.5, 0.6) is 5.75 Å². The second-order valence-electron chi connectivity index (χ2n) is 6.26. The Morgan fingerprint density at radius 2 is 1.55 bits per heavy atom. The fourth-order valence-electron chi connectivity index (χ4n) is 2.48. The highest BCUT2D eigenvalue weighted by Gasteiger charge is 2.19. The average molecular weight is 440 g/mol. The van der Waals surface area contributed by atoms with E-state index >= 15 is 0 Å². The molecule has 11 heteroatoms. The molecule has 5 N–H and O–H groups in total. The first-order valence-electron chi connectivity index (χ1n) is 8.66. The topological polar surface area (TPSA) is 172 Å². The van der Waals surface area contributed by atoms with Crippen molar-refractivity contribution in [3.63, 3.8) is 0 Å². The van der Waals surface area contributed by atoms with Gasteiger partial charge >= 0.3 is 5.97 Å². The van der Waals surface area contributed by atoms with Crippen LogP contribution in [0.1, 0.15) is 20.7 Å². The number of nitrogens with zero attached hydrogens (tertiary/aromatic N) is 2. The Hall–Kier alpha value is -4.25. The largest absolute Gasteiger partial charge is 0.507 e. The lowest BCUT2D eigenvalue weighted by Crippen LogP contribution is -2.30. The number of carbonyl (C=O) groups is 2. The second kappa shape index (κ2) is 8.63. The predicted octanol–water partition coefficient (Wildman–Crippen LogP) is 3.21. The number of anilines is 1. The molecular formula is C20H16N4O6S. The molecule has 0 fully saturated rings. The van der Waals surface area contributed by atoms with Crippen molar-refractivity contribution < 1.29 is 28.2 Å². The molecule has 0 heterocycles. The van der Waals surface area contributed by atoms with Gasteiger partial charge in [-0.25, -0.2) is 17.9 Å². The number of amides is 1. The SMILES string of the molecule is Nc1cccc(C(=O)NS(=O)(=O)c2ccc(N=Nc3ccc(O)c(C(=O)O)c3)cc2)c1. The summed E-state index contributed by atoms with van der Waals surface area (Å²) < 4.78 is 26.8. The van der Waals surface area contributed by atoms with Crippen LogP contribution in [0.15, 0.2) is 81.9 Å². The van der Waals surface area contributed by atoms with Gasteiger partial charge in [-0.15, -0.1) is 0 Å². The van der Waals surface area contributed by atoms with Crippen LogP contribution in [0.3, 0.4) is 0 Å². The molecule has 0 saturated heterocycles. The standard InChI is InChI=1S/C20H16N4O6S/c21-13-3-1-2-12(10-13)19(26)24-31(29,30)16-7-4-14(5-8-16)22-23-15-6-9-18(25)17(11-15)20(27)28/h1-11,25H,21H2,(H,24,26)(H,27,28). The number of benzene rings is 3. The van der Waals surface area contributed by atoms with E-state index in [9.17, 15) is 23.1 Å². The number of carboxylic acid groups (broad SMARTS) is 1. The minimum Gasteiger partial charge on any atom is -0.507 e. The van der Waals surface area contributed by atoms with Crippen molar-refractivity contribution in [2.24, 2.45) is 10.2 Å². The third-order valence-electron chi connectivity index (χ3n) is 4.01. The number of carboxylic acids is 1. The Bertz CT molecular complexity index is 1290. The number of sulfonamides is 1. The normalized spacial score (nSPS) is 11.4. The summed E-state index contributed by atoms with van der Waals surface area (Å²) in [6.07, 6.45) is 0. The number of aromatic hydroxyl groups is 1. The van der Waals surface area contributed by atoms with E-state index in [1.54, 1.807) is 6.07 Å². The van der Waals surface area contributed by atoms with Gasteiger partial charge in [-0.05, 0) is 60.7 Å². The summed E-state index contributed by atoms with van der Waals surface area (Å²) in [5.41, 5.74) is 6.16. The van der Waals surface area contributed by atoms with E-state index in [0.29, 0.717) is 5.69 Å². The van der Waals surface area contributed by atoms with Gasteiger partial charge in [0.25, 0.3) is 15.9 Å². The Morgan fingerprint density at radius 1 is 0.903 bits per heavy atom. The highest BCUT2D eigenvalue weighted by atomic mass is 32.2. The Balaban J connectivity index is 1.75. The number of nitrogen functional groups attached to an aromatic ring is 1. The van der Waals surface area contributed by atoms with E-state index in [-0.39, 0.29) is 27.4 Å². The lowest BCUT2D eigenvalue weighted by molar-refractivity contribution is 0.0693. The first kappa shape index (κ1) is 21.5. The maximum Gasteiger partial charge on any atom is 0.339 e. The van der Waals surface area contributed by atoms with Crippen molar-refractivity contribution in [2.75, 3.05) is 5.73 Å². The molecule has 0 saturated carbocycles. The molecule has 0 radical (unpaired) electrons. The molecule has 158 valence electrons. The predicted molar refractivity (Wildman–Crippen MR) is 111 cm³/mol. The van der Waals surface area contributed by atoms with Gasteiger partial charge in [-0.1, -0.05) is 6.07 Å². The Labute approximate surface area is 176 Å². The van der Waals surface area contributed by atoms with E-state index in [2.05, 4.69) is 10.2 Å². The van der Waals surface area contributed by atoms with Crippen LogP contribution < -0.4 is 10.5 Å². The van der Waals surface area contributed by atoms with Crippen molar-refractivity contribution in [3.8, 4) is 5.75 Å². The van der Waals surface area contributed by atoms with Gasteiger partial charge in [0.05, 0.1) is 16.3 Å². The number of phenols is 1. The van der Waals surface area contributed by atoms with Gasteiger partial charge in [-0.2, -0.15) is 10.2 Å². The third-order valence-corrected chi connectivity index (χ3v) is 5.36. The van der Waals surface area contributed by atoms with Crippen LogP contribution in [-0.4, -0.2) is 30.5 Å². The molecule has 0 aliphatic rings. The number of aromatic carboxylic acids is 1. The number of nitrogens with two attached hydrogens (primary N) is 1. The summed E-state index contributed by atoms with van der Waals surface area (Å²) in [6, 6.07) is 14.8. The molecule has 0 bridgehead atoms. The zero-order valence-electron chi connectivity index (χ0n) is 15.8. The minimum atomic E-state index is -4.13. The van der Waals surface area contributed by atoms with E-state index in [0.717, 1.165) is 6.07 Å². The molecule has 1 amide bonds. The monoisotopic (exact) mass is 440 g/mol. The fraction of sp³-hybridized carbons (Fsp3) is 0. The maximum atomic E-state index is 12.4. The summed E-state index contributed by atoms with van der Waals surface area (Å²) in [4.78, 5) is 23.0. The molecule has 31 heavy (non-hydrogen) atoms. The second-order valence-corrected chi connectivity index (χ2v) is 7.94. The van der Waals surface area contributed by atoms with Crippen molar-refractivity contribution in [2.45, 2.75) is 4.90 Å². The molecule has 3 aromatic carbocycles. The molecule has 0 aliphatic heterocycles. The molecule has 0 spiro atoms. The molecule has 0 aromatic heterocycles. The molecular weight excluding hydrogens is 424 g/mol. The highest BCUT2D eigenvalue weighted by Crippen LogP contribution is 2.25. The maximum absolute atomic E-state index is 12.4. The van der Waals surface area contributed by atoms with Crippen LogP contribution in [0, 0.1) is 0 Å². The van der Waals surface area contributed by atoms with Gasteiger partial charge in [0, 0.05) is 11.3 Å². The zero-order chi connectivity index (χ0) is 22.6. The first-order chi connectivity index (χ1) is 14.7.